The SMILES string of the molecule is CC(C)(C)C.CC(C)(NC(=O)OCC(c1ccc(Cl)c(-c2ncn(C(F)F)n2)c1)N1C(=O)[C@@H](c2ccc(-c3cnn(C(F)F)c3)cc2)N=C1N)C(F)F. The highest BCUT2D eigenvalue weighted by Gasteiger charge is 2.41. The number of guanidine groups is 1. The number of aromatic nitrogens is 5. The molecular weight excluding hydrogens is 732 g/mol. The van der Waals surface area contributed by atoms with Gasteiger partial charge in [0.2, 0.25) is 0 Å². The molecule has 53 heavy (non-hydrogen) atoms. The minimum atomic E-state index is -2.98. The molecule has 1 unspecified atom stereocenters. The van der Waals surface area contributed by atoms with Crippen molar-refractivity contribution in [3.05, 3.63) is 77.3 Å². The molecule has 0 saturated carbocycles. The van der Waals surface area contributed by atoms with E-state index < -0.39 is 55.8 Å². The van der Waals surface area contributed by atoms with Gasteiger partial charge in [0.25, 0.3) is 12.3 Å². The minimum Gasteiger partial charge on any atom is -0.447 e. The Bertz CT molecular complexity index is 1920. The predicted molar refractivity (Wildman–Crippen MR) is 184 cm³/mol. The number of hydrogen-bond donors (Lipinski definition) is 2. The average Bonchev–Trinajstić information content (AvgIpc) is 3.81. The number of halogens is 7. The van der Waals surface area contributed by atoms with Crippen LogP contribution >= 0.6 is 11.6 Å². The Morgan fingerprint density at radius 2 is 1.58 bits per heavy atom. The summed E-state index contributed by atoms with van der Waals surface area (Å²) in [6.45, 7) is 4.50. The standard InChI is InChI=1S/C29H26ClF6N9O3.C5H12/c1-29(2,24(31)32)41-28(47)48-12-20(16-7-8-19(30)18(9-16)22-38-13-44(42-22)26(35)36)45-23(46)21(40-27(45)37)15-5-3-14(4-6-15)17-10-39-43(11-17)25(33)34;1-5(2,3)4/h3-11,13,20-21,24-26H,12H2,1-2H3,(H2,37,40)(H,41,47);1-4H3/t20?,21-;/m1./s1. The molecule has 0 aliphatic carbocycles. The quantitative estimate of drug-likeness (QED) is 0.147. The zero-order valence-electron chi connectivity index (χ0n) is 29.4. The van der Waals surface area contributed by atoms with Crippen LogP contribution in [-0.2, 0) is 9.53 Å². The number of alkyl carbamates (subject to hydrolysis) is 1. The van der Waals surface area contributed by atoms with Gasteiger partial charge in [0.15, 0.2) is 17.8 Å². The first-order valence-corrected chi connectivity index (χ1v) is 16.3. The van der Waals surface area contributed by atoms with E-state index >= 15 is 0 Å². The molecule has 2 aromatic heterocycles. The molecule has 19 heteroatoms. The van der Waals surface area contributed by atoms with Gasteiger partial charge in [-0.25, -0.2) is 28.2 Å². The van der Waals surface area contributed by atoms with Gasteiger partial charge in [-0.2, -0.15) is 27.3 Å². The van der Waals surface area contributed by atoms with Crippen LogP contribution in [0, 0.1) is 5.41 Å². The molecule has 5 rings (SSSR count). The summed E-state index contributed by atoms with van der Waals surface area (Å²) in [7, 11) is 0. The van der Waals surface area contributed by atoms with Crippen molar-refractivity contribution >= 4 is 29.6 Å². The Labute approximate surface area is 306 Å². The number of hydrogen-bond acceptors (Lipinski definition) is 8. The third-order valence-corrected chi connectivity index (χ3v) is 7.65. The van der Waals surface area contributed by atoms with Crippen molar-refractivity contribution in [2.45, 2.75) is 78.7 Å². The van der Waals surface area contributed by atoms with Crippen LogP contribution in [-0.4, -0.2) is 66.0 Å². The Morgan fingerprint density at radius 3 is 2.13 bits per heavy atom. The fraction of sp³-hybridized carbons (Fsp3) is 0.412. The second-order valence-corrected chi connectivity index (χ2v) is 14.4. The summed E-state index contributed by atoms with van der Waals surface area (Å²) in [5, 5.41) is 9.45. The number of ether oxygens (including phenoxy) is 1. The maximum Gasteiger partial charge on any atom is 0.407 e. The second-order valence-electron chi connectivity index (χ2n) is 14.0. The number of carbonyl (C=O) groups excluding carboxylic acids is 2. The number of carbonyl (C=O) groups is 2. The average molecular weight is 770 g/mol. The summed E-state index contributed by atoms with van der Waals surface area (Å²) in [5.74, 6) is -1.13. The fourth-order valence-electron chi connectivity index (χ4n) is 4.72. The number of alkyl halides is 6. The van der Waals surface area contributed by atoms with Gasteiger partial charge >= 0.3 is 19.2 Å². The number of rotatable bonds is 11. The van der Waals surface area contributed by atoms with Crippen molar-refractivity contribution in [2.24, 2.45) is 16.1 Å². The lowest BCUT2D eigenvalue weighted by atomic mass is 10.00. The first-order valence-electron chi connectivity index (χ1n) is 16.0. The lowest BCUT2D eigenvalue weighted by molar-refractivity contribution is -0.129. The number of aliphatic imine (C=N–C) groups is 1. The van der Waals surface area contributed by atoms with E-state index in [1.165, 1.54) is 24.4 Å². The van der Waals surface area contributed by atoms with E-state index in [2.05, 4.69) is 53.2 Å². The first kappa shape index (κ1) is 40.6. The van der Waals surface area contributed by atoms with Crippen LogP contribution in [0.25, 0.3) is 22.5 Å². The van der Waals surface area contributed by atoms with Crippen molar-refractivity contribution in [3.63, 3.8) is 0 Å². The molecule has 4 aromatic rings. The van der Waals surface area contributed by atoms with Gasteiger partial charge in [0, 0.05) is 17.3 Å². The van der Waals surface area contributed by atoms with Gasteiger partial charge < -0.3 is 15.8 Å². The highest BCUT2D eigenvalue weighted by Crippen LogP contribution is 2.36. The predicted octanol–water partition coefficient (Wildman–Crippen LogP) is 8.01. The summed E-state index contributed by atoms with van der Waals surface area (Å²) < 4.78 is 85.1. The van der Waals surface area contributed by atoms with E-state index in [0.717, 1.165) is 31.3 Å². The lowest BCUT2D eigenvalue weighted by Crippen LogP contribution is -2.50. The molecule has 286 valence electrons. The van der Waals surface area contributed by atoms with Gasteiger partial charge in [0.05, 0.1) is 22.8 Å². The molecule has 0 spiro atoms. The first-order chi connectivity index (χ1) is 24.7. The zero-order chi connectivity index (χ0) is 39.4. The number of nitrogens with one attached hydrogen (secondary N) is 1. The molecule has 3 heterocycles. The minimum absolute atomic E-state index is 0.0632. The van der Waals surface area contributed by atoms with E-state index in [1.54, 1.807) is 24.3 Å². The Morgan fingerprint density at radius 1 is 0.962 bits per heavy atom. The topological polar surface area (TPSA) is 146 Å². The van der Waals surface area contributed by atoms with Crippen LogP contribution in [0.1, 0.15) is 77.9 Å². The lowest BCUT2D eigenvalue weighted by Gasteiger charge is -2.29. The molecular formula is C34H38ClF6N9O3. The molecule has 0 saturated heterocycles. The van der Waals surface area contributed by atoms with E-state index in [4.69, 9.17) is 22.1 Å². The van der Waals surface area contributed by atoms with E-state index in [1.807, 2.05) is 0 Å². The van der Waals surface area contributed by atoms with Crippen molar-refractivity contribution in [2.75, 3.05) is 6.61 Å². The fourth-order valence-corrected chi connectivity index (χ4v) is 4.92. The number of benzene rings is 2. The molecule has 0 fully saturated rings. The van der Waals surface area contributed by atoms with Gasteiger partial charge in [0.1, 0.15) is 12.9 Å². The van der Waals surface area contributed by atoms with Crippen LogP contribution in [0.2, 0.25) is 5.02 Å². The van der Waals surface area contributed by atoms with Crippen LogP contribution in [0.5, 0.6) is 0 Å². The molecule has 0 radical (unpaired) electrons. The van der Waals surface area contributed by atoms with E-state index in [0.29, 0.717) is 31.5 Å². The van der Waals surface area contributed by atoms with Gasteiger partial charge in [-0.1, -0.05) is 69.6 Å². The summed E-state index contributed by atoms with van der Waals surface area (Å²) in [4.78, 5) is 35.6. The van der Waals surface area contributed by atoms with Crippen molar-refractivity contribution < 1.29 is 40.7 Å². The van der Waals surface area contributed by atoms with Crippen LogP contribution < -0.4 is 11.1 Å². The Hall–Kier alpha value is -5.13. The summed E-state index contributed by atoms with van der Waals surface area (Å²) in [5.41, 5.74) is 6.41. The Kier molecular flexibility index (Phi) is 12.5. The Balaban J connectivity index is 0.00000117. The number of nitrogens with zero attached hydrogens (tertiary/aromatic N) is 7. The smallest absolute Gasteiger partial charge is 0.407 e. The third-order valence-electron chi connectivity index (χ3n) is 7.32. The highest BCUT2D eigenvalue weighted by atomic mass is 35.5. The number of amides is 2. The maximum atomic E-state index is 13.9. The molecule has 2 atom stereocenters. The third kappa shape index (κ3) is 10.3. The molecule has 2 aromatic carbocycles. The van der Waals surface area contributed by atoms with Gasteiger partial charge in [-0.3, -0.25) is 9.69 Å². The molecule has 2 amide bonds. The van der Waals surface area contributed by atoms with Crippen LogP contribution in [0.4, 0.5) is 31.1 Å². The summed E-state index contributed by atoms with van der Waals surface area (Å²) >= 11 is 6.33. The summed E-state index contributed by atoms with van der Waals surface area (Å²) in [6.07, 6.45) is -0.933. The van der Waals surface area contributed by atoms with Crippen LogP contribution in [0.3, 0.4) is 0 Å². The normalized spacial score (nSPS) is 15.5. The molecule has 12 nitrogen and oxygen atoms in total. The monoisotopic (exact) mass is 769 g/mol. The van der Waals surface area contributed by atoms with Crippen LogP contribution in [0.15, 0.2) is 66.2 Å². The number of nitrogens with two attached hydrogens (primary N) is 1. The molecule has 3 N–H and O–H groups in total. The van der Waals surface area contributed by atoms with E-state index in [9.17, 15) is 35.9 Å². The molecule has 0 bridgehead atoms. The second kappa shape index (κ2) is 16.3. The van der Waals surface area contributed by atoms with Crippen molar-refractivity contribution in [3.8, 4) is 22.5 Å². The zero-order valence-corrected chi connectivity index (χ0v) is 30.2. The van der Waals surface area contributed by atoms with Gasteiger partial charge in [-0.15, -0.1) is 5.10 Å². The largest absolute Gasteiger partial charge is 0.447 e. The highest BCUT2D eigenvalue weighted by molar-refractivity contribution is 6.33. The van der Waals surface area contributed by atoms with Crippen molar-refractivity contribution in [1.29, 1.82) is 0 Å². The summed E-state index contributed by atoms with van der Waals surface area (Å²) in [6, 6.07) is 8.07. The van der Waals surface area contributed by atoms with Crippen molar-refractivity contribution in [1.82, 2.24) is 34.8 Å². The van der Waals surface area contributed by atoms with Gasteiger partial charge in [-0.05, 0) is 48.1 Å². The molecule has 1 aliphatic rings. The van der Waals surface area contributed by atoms with E-state index in [-0.39, 0.29) is 27.9 Å². The molecule has 1 aliphatic heterocycles. The maximum absolute atomic E-state index is 13.9.